The highest BCUT2D eigenvalue weighted by Crippen LogP contribution is 1.98. The highest BCUT2D eigenvalue weighted by molar-refractivity contribution is 5.93. The van der Waals surface area contributed by atoms with Crippen LogP contribution in [0.5, 0.6) is 0 Å². The Morgan fingerprint density at radius 2 is 2.38 bits per heavy atom. The van der Waals surface area contributed by atoms with Crippen LogP contribution in [0, 0.1) is 0 Å². The second-order valence-electron chi connectivity index (χ2n) is 3.19. The summed E-state index contributed by atoms with van der Waals surface area (Å²) in [6.07, 6.45) is 4.37. The second kappa shape index (κ2) is 5.87. The van der Waals surface area contributed by atoms with Crippen LogP contribution in [0.15, 0.2) is 35.9 Å². The molecule has 0 atom stereocenters. The van der Waals surface area contributed by atoms with Crippen LogP contribution in [-0.4, -0.2) is 40.6 Å². The van der Waals surface area contributed by atoms with Crippen molar-refractivity contribution >= 4 is 5.91 Å². The summed E-state index contributed by atoms with van der Waals surface area (Å²) in [7, 11) is 0. The average molecular weight is 222 g/mol. The Kier molecular flexibility index (Phi) is 4.47. The molecule has 0 unspecified atom stereocenters. The van der Waals surface area contributed by atoms with Crippen LogP contribution in [0.3, 0.4) is 0 Å². The van der Waals surface area contributed by atoms with Crippen molar-refractivity contribution in [1.29, 1.82) is 0 Å². The molecule has 1 rings (SSSR count). The predicted molar refractivity (Wildman–Crippen MR) is 60.2 cm³/mol. The molecule has 0 aliphatic heterocycles. The Bertz CT molecular complexity index is 425. The molecular formula is C11H14N2O3. The summed E-state index contributed by atoms with van der Waals surface area (Å²) in [6.45, 7) is 3.85. The van der Waals surface area contributed by atoms with E-state index in [-0.39, 0.29) is 24.1 Å². The Morgan fingerprint density at radius 3 is 2.94 bits per heavy atom. The molecule has 0 radical (unpaired) electrons. The lowest BCUT2D eigenvalue weighted by Gasteiger charge is -2.19. The normalized spacial score (nSPS) is 9.81. The quantitative estimate of drug-likeness (QED) is 0.688. The van der Waals surface area contributed by atoms with Gasteiger partial charge in [-0.1, -0.05) is 6.08 Å². The van der Waals surface area contributed by atoms with Crippen LogP contribution in [0.25, 0.3) is 0 Å². The van der Waals surface area contributed by atoms with Gasteiger partial charge in [0.1, 0.15) is 5.56 Å². The summed E-state index contributed by atoms with van der Waals surface area (Å²) >= 11 is 0. The van der Waals surface area contributed by atoms with Crippen molar-refractivity contribution in [2.24, 2.45) is 0 Å². The van der Waals surface area contributed by atoms with Crippen LogP contribution in [0.4, 0.5) is 0 Å². The number of H-pyrrole nitrogens is 1. The molecule has 0 aliphatic rings. The number of aliphatic hydroxyl groups excluding tert-OH is 1. The maximum absolute atomic E-state index is 11.9. The van der Waals surface area contributed by atoms with Gasteiger partial charge in [0.25, 0.3) is 5.91 Å². The summed E-state index contributed by atoms with van der Waals surface area (Å²) in [4.78, 5) is 27.4. The van der Waals surface area contributed by atoms with Crippen molar-refractivity contribution in [3.8, 4) is 0 Å². The van der Waals surface area contributed by atoms with Gasteiger partial charge in [0.05, 0.1) is 6.61 Å². The van der Waals surface area contributed by atoms with Crippen molar-refractivity contribution in [3.05, 3.63) is 46.9 Å². The van der Waals surface area contributed by atoms with Crippen LogP contribution >= 0.6 is 0 Å². The molecule has 0 saturated heterocycles. The topological polar surface area (TPSA) is 73.4 Å². The fourth-order valence-electron chi connectivity index (χ4n) is 1.31. The van der Waals surface area contributed by atoms with Crippen molar-refractivity contribution in [2.75, 3.05) is 19.7 Å². The molecule has 86 valence electrons. The molecular weight excluding hydrogens is 208 g/mol. The number of nitrogens with zero attached hydrogens (tertiary/aromatic N) is 1. The first-order valence-electron chi connectivity index (χ1n) is 4.89. The molecule has 1 aromatic heterocycles. The van der Waals surface area contributed by atoms with Gasteiger partial charge in [-0.3, -0.25) is 9.59 Å². The number of nitrogens with one attached hydrogen (secondary N) is 1. The van der Waals surface area contributed by atoms with Gasteiger partial charge in [-0.25, -0.2) is 0 Å². The first-order valence-corrected chi connectivity index (χ1v) is 4.89. The molecule has 16 heavy (non-hydrogen) atoms. The first kappa shape index (κ1) is 12.2. The fraction of sp³-hybridized carbons (Fsp3) is 0.273. The van der Waals surface area contributed by atoms with Gasteiger partial charge < -0.3 is 15.0 Å². The Labute approximate surface area is 93.0 Å². The van der Waals surface area contributed by atoms with E-state index in [0.717, 1.165) is 0 Å². The van der Waals surface area contributed by atoms with Crippen molar-refractivity contribution in [1.82, 2.24) is 9.88 Å². The van der Waals surface area contributed by atoms with E-state index in [4.69, 9.17) is 5.11 Å². The molecule has 0 aromatic carbocycles. The first-order chi connectivity index (χ1) is 7.70. The molecule has 1 heterocycles. The maximum Gasteiger partial charge on any atom is 0.259 e. The van der Waals surface area contributed by atoms with Gasteiger partial charge >= 0.3 is 0 Å². The predicted octanol–water partition coefficient (Wildman–Crippen LogP) is -0.00460. The van der Waals surface area contributed by atoms with Crippen LogP contribution in [0.1, 0.15) is 10.4 Å². The zero-order valence-corrected chi connectivity index (χ0v) is 8.85. The number of aromatic nitrogens is 1. The van der Waals surface area contributed by atoms with Crippen molar-refractivity contribution < 1.29 is 9.90 Å². The van der Waals surface area contributed by atoms with Crippen molar-refractivity contribution in [2.45, 2.75) is 0 Å². The summed E-state index contributed by atoms with van der Waals surface area (Å²) in [5.74, 6) is -0.407. The fourth-order valence-corrected chi connectivity index (χ4v) is 1.31. The van der Waals surface area contributed by atoms with Gasteiger partial charge in [0.2, 0.25) is 0 Å². The van der Waals surface area contributed by atoms with E-state index in [1.807, 2.05) is 0 Å². The zero-order valence-electron chi connectivity index (χ0n) is 8.85. The van der Waals surface area contributed by atoms with Gasteiger partial charge in [-0.2, -0.15) is 0 Å². The molecule has 0 bridgehead atoms. The number of hydrogen-bond donors (Lipinski definition) is 2. The number of aromatic amines is 1. The number of carbonyl (C=O) groups excluding carboxylic acids is 1. The van der Waals surface area contributed by atoms with Gasteiger partial charge in [0, 0.05) is 31.5 Å². The minimum atomic E-state index is -0.407. The third-order valence-electron chi connectivity index (χ3n) is 2.06. The Hall–Kier alpha value is -1.88. The summed E-state index contributed by atoms with van der Waals surface area (Å²) < 4.78 is 0. The van der Waals surface area contributed by atoms with E-state index in [0.29, 0.717) is 6.54 Å². The molecule has 1 aromatic rings. The third-order valence-corrected chi connectivity index (χ3v) is 2.06. The number of pyridine rings is 1. The highest BCUT2D eigenvalue weighted by atomic mass is 16.3. The molecule has 0 fully saturated rings. The standard InChI is InChI=1S/C11H14N2O3/c1-2-5-13(6-7-14)11(16)9-8-12-4-3-10(9)15/h2-4,8,14H,1,5-7H2,(H,12,15). The SMILES string of the molecule is C=CCN(CCO)C(=O)c1c[nH]ccc1=O. The highest BCUT2D eigenvalue weighted by Gasteiger charge is 2.16. The zero-order chi connectivity index (χ0) is 12.0. The monoisotopic (exact) mass is 222 g/mol. The summed E-state index contributed by atoms with van der Waals surface area (Å²) in [6, 6.07) is 1.29. The lowest BCUT2D eigenvalue weighted by atomic mass is 10.2. The largest absolute Gasteiger partial charge is 0.395 e. The van der Waals surface area contributed by atoms with Gasteiger partial charge in [-0.15, -0.1) is 6.58 Å². The minimum Gasteiger partial charge on any atom is -0.395 e. The molecule has 0 spiro atoms. The number of hydrogen-bond acceptors (Lipinski definition) is 3. The van der Waals surface area contributed by atoms with E-state index in [1.165, 1.54) is 23.4 Å². The average Bonchev–Trinajstić information content (AvgIpc) is 2.28. The van der Waals surface area contributed by atoms with E-state index >= 15 is 0 Å². The van der Waals surface area contributed by atoms with Crippen LogP contribution < -0.4 is 5.43 Å². The van der Waals surface area contributed by atoms with E-state index < -0.39 is 5.91 Å². The molecule has 1 amide bonds. The Balaban J connectivity index is 2.94. The minimum absolute atomic E-state index is 0.0674. The Morgan fingerprint density at radius 1 is 1.62 bits per heavy atom. The van der Waals surface area contributed by atoms with E-state index in [9.17, 15) is 9.59 Å². The molecule has 5 nitrogen and oxygen atoms in total. The maximum atomic E-state index is 11.9. The molecule has 0 aliphatic carbocycles. The molecule has 2 N–H and O–H groups in total. The number of aliphatic hydroxyl groups is 1. The van der Waals surface area contributed by atoms with Crippen LogP contribution in [-0.2, 0) is 0 Å². The lowest BCUT2D eigenvalue weighted by Crippen LogP contribution is -2.36. The molecule has 0 saturated carbocycles. The van der Waals surface area contributed by atoms with Gasteiger partial charge in [0.15, 0.2) is 5.43 Å². The summed E-state index contributed by atoms with van der Waals surface area (Å²) in [5.41, 5.74) is -0.270. The van der Waals surface area contributed by atoms with Crippen molar-refractivity contribution in [3.63, 3.8) is 0 Å². The lowest BCUT2D eigenvalue weighted by molar-refractivity contribution is 0.0741. The smallest absolute Gasteiger partial charge is 0.259 e. The second-order valence-corrected chi connectivity index (χ2v) is 3.19. The number of amides is 1. The van der Waals surface area contributed by atoms with Crippen LogP contribution in [0.2, 0.25) is 0 Å². The van der Waals surface area contributed by atoms with E-state index in [2.05, 4.69) is 11.6 Å². The van der Waals surface area contributed by atoms with Gasteiger partial charge in [-0.05, 0) is 0 Å². The third kappa shape index (κ3) is 2.80. The summed E-state index contributed by atoms with van der Waals surface area (Å²) in [5, 5.41) is 8.81. The van der Waals surface area contributed by atoms with E-state index in [1.54, 1.807) is 6.08 Å². The number of rotatable bonds is 5. The molecule has 5 heteroatoms. The number of carbonyl (C=O) groups is 1.